The Labute approximate surface area is 65.0 Å². The van der Waals surface area contributed by atoms with Gasteiger partial charge in [-0.1, -0.05) is 17.7 Å². The minimum Gasteiger partial charge on any atom is -0.361 e. The van der Waals surface area contributed by atoms with Crippen LogP contribution in [0.5, 0.6) is 0 Å². The molecule has 0 bridgehead atoms. The number of hydrogen-bond acceptors (Lipinski definition) is 0. The third-order valence-electron chi connectivity index (χ3n) is 1.46. The van der Waals surface area contributed by atoms with Crippen molar-refractivity contribution in [1.29, 1.82) is 0 Å². The van der Waals surface area contributed by atoms with E-state index in [0.29, 0.717) is 11.1 Å². The van der Waals surface area contributed by atoms with Crippen molar-refractivity contribution in [2.45, 2.75) is 0 Å². The summed E-state index contributed by atoms with van der Waals surface area (Å²) in [6.07, 6.45) is 1.64. The summed E-state index contributed by atoms with van der Waals surface area (Å²) in [7, 11) is 0. The summed E-state index contributed by atoms with van der Waals surface area (Å²) in [5, 5.41) is 1.43. The number of H-pyrrole nitrogens is 1. The van der Waals surface area contributed by atoms with Crippen molar-refractivity contribution in [2.75, 3.05) is 0 Å². The summed E-state index contributed by atoms with van der Waals surface area (Å²) in [6, 6.07) is 6.00. The van der Waals surface area contributed by atoms with Gasteiger partial charge in [0.1, 0.15) is 0 Å². The third-order valence-corrected chi connectivity index (χ3v) is 1.77. The number of nitrogens with one attached hydrogen (secondary N) is 1. The van der Waals surface area contributed by atoms with Crippen molar-refractivity contribution in [3.8, 4) is 0 Å². The molecule has 0 unspecified atom stereocenters. The van der Waals surface area contributed by atoms with Gasteiger partial charge in [0.05, 0.1) is 1.37 Å². The highest BCUT2D eigenvalue weighted by Gasteiger charge is 1.95. The molecule has 1 nitrogen and oxygen atoms in total. The van der Waals surface area contributed by atoms with E-state index in [-0.39, 0.29) is 0 Å². The van der Waals surface area contributed by atoms with Crippen molar-refractivity contribution in [2.24, 2.45) is 0 Å². The van der Waals surface area contributed by atoms with E-state index < -0.39 is 0 Å². The van der Waals surface area contributed by atoms with E-state index in [9.17, 15) is 0 Å². The number of aromatic nitrogens is 1. The number of fused-ring (bicyclic) bond motifs is 1. The van der Waals surface area contributed by atoms with Gasteiger partial charge in [0.2, 0.25) is 0 Å². The zero-order valence-electron chi connectivity index (χ0n) is 6.19. The predicted molar refractivity (Wildman–Crippen MR) is 43.3 cm³/mol. The van der Waals surface area contributed by atoms with Gasteiger partial charge in [-0.25, -0.2) is 0 Å². The minimum absolute atomic E-state index is 0.450. The first-order valence-corrected chi connectivity index (χ1v) is 3.39. The molecule has 1 N–H and O–H groups in total. The van der Waals surface area contributed by atoms with Crippen LogP contribution in [-0.4, -0.2) is 4.98 Å². The molecule has 50 valence electrons. The lowest BCUT2D eigenvalue weighted by atomic mass is 10.2. The Morgan fingerprint density at radius 1 is 1.50 bits per heavy atom. The number of hydrogen-bond donors (Lipinski definition) is 1. The zero-order chi connectivity index (χ0) is 7.84. The smallest absolute Gasteiger partial charge is 0.0646 e. The molecule has 0 spiro atoms. The predicted octanol–water partition coefficient (Wildman–Crippen LogP) is 2.82. The zero-order valence-corrected chi connectivity index (χ0v) is 5.94. The third kappa shape index (κ3) is 0.711. The first-order valence-electron chi connectivity index (χ1n) is 3.51. The summed E-state index contributed by atoms with van der Waals surface area (Å²) in [4.78, 5) is 2.96. The Hall–Kier alpha value is -0.950. The van der Waals surface area contributed by atoms with Gasteiger partial charge in [0.25, 0.3) is 0 Å². The van der Waals surface area contributed by atoms with Crippen LogP contribution >= 0.6 is 11.6 Å². The van der Waals surface area contributed by atoms with Crippen molar-refractivity contribution in [3.05, 3.63) is 35.5 Å². The highest BCUT2D eigenvalue weighted by atomic mass is 35.5. The summed E-state index contributed by atoms with van der Waals surface area (Å²) in [5.74, 6) is 0. The SMILES string of the molecule is [2H]c1c[nH]c2cccc(Cl)c12. The molecule has 1 aromatic heterocycles. The normalized spacial score (nSPS) is 11.9. The highest BCUT2D eigenvalue weighted by molar-refractivity contribution is 6.35. The highest BCUT2D eigenvalue weighted by Crippen LogP contribution is 2.21. The molecule has 2 aromatic rings. The van der Waals surface area contributed by atoms with Gasteiger partial charge in [0.15, 0.2) is 0 Å². The minimum atomic E-state index is 0.450. The second-order valence-corrected chi connectivity index (χ2v) is 2.50. The Bertz CT molecular complexity index is 394. The van der Waals surface area contributed by atoms with Gasteiger partial charge in [-0.15, -0.1) is 0 Å². The van der Waals surface area contributed by atoms with Crippen LogP contribution in [0.2, 0.25) is 5.02 Å². The molecule has 0 amide bonds. The van der Waals surface area contributed by atoms with Crippen LogP contribution < -0.4 is 0 Å². The summed E-state index contributed by atoms with van der Waals surface area (Å²) < 4.78 is 7.47. The fourth-order valence-electron chi connectivity index (χ4n) is 0.977. The first-order chi connectivity index (χ1) is 5.29. The number of aromatic amines is 1. The maximum absolute atomic E-state index is 7.47. The van der Waals surface area contributed by atoms with E-state index in [0.717, 1.165) is 10.9 Å². The van der Waals surface area contributed by atoms with E-state index in [4.69, 9.17) is 13.0 Å². The van der Waals surface area contributed by atoms with Gasteiger partial charge < -0.3 is 4.98 Å². The van der Waals surface area contributed by atoms with Crippen LogP contribution in [0, 0.1) is 0 Å². The van der Waals surface area contributed by atoms with Crippen LogP contribution in [0.4, 0.5) is 0 Å². The van der Waals surface area contributed by atoms with Gasteiger partial charge >= 0.3 is 0 Å². The van der Waals surface area contributed by atoms with Crippen LogP contribution in [0.25, 0.3) is 10.9 Å². The first kappa shape index (κ1) is 4.80. The average molecular weight is 153 g/mol. The standard InChI is InChI=1S/C8H6ClN/c9-7-2-1-3-8-6(7)4-5-10-8/h1-5,10H/i4D. The molecule has 1 heterocycles. The Morgan fingerprint density at radius 2 is 2.40 bits per heavy atom. The van der Waals surface area contributed by atoms with E-state index in [1.54, 1.807) is 12.3 Å². The summed E-state index contributed by atoms with van der Waals surface area (Å²) in [6.45, 7) is 0. The van der Waals surface area contributed by atoms with Crippen LogP contribution in [0.3, 0.4) is 0 Å². The molecule has 2 heteroatoms. The number of benzene rings is 1. The molecule has 0 aliphatic heterocycles. The van der Waals surface area contributed by atoms with Crippen molar-refractivity contribution in [3.63, 3.8) is 0 Å². The topological polar surface area (TPSA) is 15.8 Å². The fourth-order valence-corrected chi connectivity index (χ4v) is 1.21. The van der Waals surface area contributed by atoms with E-state index in [1.807, 2.05) is 12.1 Å². The maximum Gasteiger partial charge on any atom is 0.0646 e. The van der Waals surface area contributed by atoms with E-state index in [2.05, 4.69) is 4.98 Å². The lowest BCUT2D eigenvalue weighted by Crippen LogP contribution is -1.66. The monoisotopic (exact) mass is 152 g/mol. The summed E-state index contributed by atoms with van der Waals surface area (Å²) in [5.41, 5.74) is 0.919. The lowest BCUT2D eigenvalue weighted by Gasteiger charge is -1.89. The number of rotatable bonds is 0. The molecule has 0 atom stereocenters. The van der Waals surface area contributed by atoms with Crippen LogP contribution in [0.15, 0.2) is 30.4 Å². The second-order valence-electron chi connectivity index (χ2n) is 2.10. The van der Waals surface area contributed by atoms with Gasteiger partial charge in [-0.2, -0.15) is 0 Å². The Kier molecular flexibility index (Phi) is 0.974. The molecule has 0 fully saturated rings. The van der Waals surface area contributed by atoms with E-state index >= 15 is 0 Å². The van der Waals surface area contributed by atoms with Crippen molar-refractivity contribution >= 4 is 22.5 Å². The molecule has 0 aliphatic carbocycles. The molecule has 2 rings (SSSR count). The van der Waals surface area contributed by atoms with Crippen LogP contribution in [-0.2, 0) is 0 Å². The molecule has 0 saturated heterocycles. The molecule has 0 aliphatic rings. The lowest BCUT2D eigenvalue weighted by molar-refractivity contribution is 1.48. The van der Waals surface area contributed by atoms with Crippen molar-refractivity contribution in [1.82, 2.24) is 4.98 Å². The van der Waals surface area contributed by atoms with Crippen LogP contribution in [0.1, 0.15) is 1.37 Å². The number of halogens is 1. The fraction of sp³-hybridized carbons (Fsp3) is 0. The molecule has 0 radical (unpaired) electrons. The van der Waals surface area contributed by atoms with Gasteiger partial charge in [-0.3, -0.25) is 0 Å². The quantitative estimate of drug-likeness (QED) is 0.598. The molecular weight excluding hydrogens is 146 g/mol. The van der Waals surface area contributed by atoms with Crippen molar-refractivity contribution < 1.29 is 1.37 Å². The van der Waals surface area contributed by atoms with E-state index in [1.165, 1.54) is 0 Å². The van der Waals surface area contributed by atoms with Gasteiger partial charge in [-0.05, 0) is 18.2 Å². The second kappa shape index (κ2) is 2.03. The van der Waals surface area contributed by atoms with Gasteiger partial charge in [0, 0.05) is 22.1 Å². The molecule has 10 heavy (non-hydrogen) atoms. The molecule has 1 aromatic carbocycles. The Balaban J connectivity index is 2.96. The average Bonchev–Trinajstić information content (AvgIpc) is 2.34. The molecular formula is C8H6ClN. The Morgan fingerprint density at radius 3 is 3.20 bits per heavy atom. The summed E-state index contributed by atoms with van der Waals surface area (Å²) >= 11 is 5.86. The maximum atomic E-state index is 7.47. The largest absolute Gasteiger partial charge is 0.361 e. The molecule has 0 saturated carbocycles.